The summed E-state index contributed by atoms with van der Waals surface area (Å²) in [6.07, 6.45) is -2.50. The minimum absolute atomic E-state index is 0.108. The first kappa shape index (κ1) is 10.3. The van der Waals surface area contributed by atoms with Crippen molar-refractivity contribution in [2.24, 2.45) is 0 Å². The van der Waals surface area contributed by atoms with Gasteiger partial charge in [0.25, 0.3) is 0 Å². The molecule has 10 rings (SSSR count). The Morgan fingerprint density at radius 3 is 1.19 bits per heavy atom. The molecule has 0 saturated carbocycles. The molecule has 10 saturated heterocycles. The van der Waals surface area contributed by atoms with Crippen molar-refractivity contribution < 1.29 is 26.9 Å². The van der Waals surface area contributed by atoms with E-state index in [0.29, 0.717) is 0 Å². The molecule has 0 radical (unpaired) electrons. The van der Waals surface area contributed by atoms with E-state index in [2.05, 4.69) is 18.5 Å². The molecule has 0 amide bonds. The Morgan fingerprint density at radius 2 is 1.00 bits per heavy atom. The molecule has 10 aliphatic rings. The fourth-order valence-corrected chi connectivity index (χ4v) is 104. The van der Waals surface area contributed by atoms with Crippen LogP contribution in [0.1, 0.15) is 0 Å². The van der Waals surface area contributed by atoms with E-state index in [1.54, 1.807) is 0 Å². The molecular weight excluding hydrogens is 350 g/mol. The Kier molecular flexibility index (Phi) is 0.478. The third-order valence-corrected chi connectivity index (χ3v) is 62.5. The molecule has 4 nitrogen and oxygen atoms in total. The van der Waals surface area contributed by atoms with Gasteiger partial charge in [-0.3, -0.25) is 0 Å². The van der Waals surface area contributed by atoms with Gasteiger partial charge in [-0.25, -0.2) is 0 Å². The summed E-state index contributed by atoms with van der Waals surface area (Å²) in [4.78, 5) is 7.84. The molecule has 1 spiro atoms. The van der Waals surface area contributed by atoms with Crippen LogP contribution in [0.2, 0.25) is 47.2 Å². The third kappa shape index (κ3) is 0.127. The molecule has 0 aromatic carbocycles. The van der Waals surface area contributed by atoms with Crippen molar-refractivity contribution in [1.82, 2.24) is 0 Å². The Balaban J connectivity index is 1.49. The molecule has 10 fully saturated rings. The number of aliphatic hydroxyl groups excluding tert-OH is 2. The van der Waals surface area contributed by atoms with Gasteiger partial charge in [-0.2, -0.15) is 0 Å². The van der Waals surface area contributed by atoms with Gasteiger partial charge in [0.05, 0.1) is 0 Å². The predicted octanol–water partition coefficient (Wildman–Crippen LogP) is 1.22. The summed E-state index contributed by atoms with van der Waals surface area (Å²) >= 11 is 0. The van der Waals surface area contributed by atoms with Gasteiger partial charge in [0.15, 0.2) is 0 Å². The van der Waals surface area contributed by atoms with E-state index in [-0.39, 0.29) is 19.9 Å². The van der Waals surface area contributed by atoms with Crippen molar-refractivity contribution in [3.05, 3.63) is 0 Å². The Hall–Kier alpha value is 1.22. The molecule has 8 atom stereocenters. The van der Waals surface area contributed by atoms with Crippen molar-refractivity contribution in [2.75, 3.05) is 0 Å². The summed E-state index contributed by atoms with van der Waals surface area (Å²) in [5.74, 6) is 0. The van der Waals surface area contributed by atoms with E-state index in [1.807, 2.05) is 0 Å². The summed E-state index contributed by atoms with van der Waals surface area (Å²) in [7, 11) is 5.62. The average molecular weight is 370 g/mol. The first-order valence-electron chi connectivity index (χ1n) is 8.09. The van der Waals surface area contributed by atoms with Gasteiger partial charge < -0.3 is 0 Å². The number of hydrogen-bond acceptors (Lipinski definition) is 4. The van der Waals surface area contributed by atoms with E-state index in [1.165, 1.54) is 0 Å². The van der Waals surface area contributed by atoms with Crippen LogP contribution in [-0.2, 0) is 6.51 Å². The molecule has 10 aliphatic heterocycles. The van der Waals surface area contributed by atoms with Crippen LogP contribution < -0.4 is 0 Å². The molecule has 0 bridgehead atoms. The van der Waals surface area contributed by atoms with Crippen molar-refractivity contribution in [1.29, 1.82) is 0 Å². The van der Waals surface area contributed by atoms with E-state index >= 15 is 0 Å². The molecule has 10 heterocycles. The quantitative estimate of drug-likeness (QED) is 0.341. The topological polar surface area (TPSA) is 80.9 Å². The van der Waals surface area contributed by atoms with E-state index < -0.39 is 19.1 Å². The van der Waals surface area contributed by atoms with Crippen molar-refractivity contribution in [2.45, 2.75) is 71.1 Å². The van der Waals surface area contributed by atoms with Crippen molar-refractivity contribution in [3.8, 4) is 0 Å². The normalized spacial score (nSPS) is 106. The number of fused-ring (bicyclic) bond motifs is 10. The van der Waals surface area contributed by atoms with Crippen LogP contribution in [0.15, 0.2) is 0 Å². The second-order valence-corrected chi connectivity index (χ2v) is 36.5. The molecule has 118 valence electrons. The summed E-state index contributed by atoms with van der Waals surface area (Å²) in [6.45, 7) is -3.77. The predicted molar refractivity (Wildman–Crippen MR) is 78.8 cm³/mol. The second-order valence-electron chi connectivity index (χ2n) is 11.7. The molecule has 7 heteroatoms. The summed E-state index contributed by atoms with van der Waals surface area (Å²) in [5, 5.41) is 40.1. The van der Waals surface area contributed by atoms with Crippen LogP contribution in [-0.4, -0.2) is 44.3 Å². The van der Waals surface area contributed by atoms with Gasteiger partial charge in [0.1, 0.15) is 0 Å². The van der Waals surface area contributed by atoms with Crippen molar-refractivity contribution in [3.63, 3.8) is 0 Å². The maximum atomic E-state index is 10.0. The van der Waals surface area contributed by atoms with Gasteiger partial charge in [-0.05, 0) is 0 Å². The molecule has 0 aliphatic carbocycles. The molecule has 0 aromatic rings. The average Bonchev–Trinajstić information content (AvgIpc) is 3.36. The molecule has 21 heavy (non-hydrogen) atoms. The van der Waals surface area contributed by atoms with E-state index in [9.17, 15) is 20.4 Å². The standard InChI is InChI=1S/C9H15O4P2.C5H5.Fe/c10-8(11)6(14)4-2-1-3-5(4)7(15)9(12)13;1-2-4-5-3-1;/h1-3,6-13H,14-15H2;1-5H;. The van der Waals surface area contributed by atoms with Gasteiger partial charge in [0.2, 0.25) is 0 Å². The zero-order chi connectivity index (χ0) is 14.2. The van der Waals surface area contributed by atoms with Gasteiger partial charge in [-0.1, -0.05) is 0 Å². The molecule has 8 unspecified atom stereocenters. The Labute approximate surface area is 116 Å². The first-order valence-corrected chi connectivity index (χ1v) is 15.6. The first-order chi connectivity index (χ1) is 9.65. The molecule has 4 N–H and O–H groups in total. The monoisotopic (exact) mass is 370 g/mol. The summed E-state index contributed by atoms with van der Waals surface area (Å²) in [6, 6.07) is 0. The van der Waals surface area contributed by atoms with Crippen LogP contribution in [0.4, 0.5) is 0 Å². The summed E-state index contributed by atoms with van der Waals surface area (Å²) < 4.78 is 0.391. The molecule has 0 aromatic heterocycles. The van der Waals surface area contributed by atoms with E-state index in [4.69, 9.17) is 0 Å². The summed E-state index contributed by atoms with van der Waals surface area (Å²) in [5.41, 5.74) is -0.216. The number of rotatable bonds is 4. The Bertz CT molecular complexity index is 1010. The van der Waals surface area contributed by atoms with Crippen LogP contribution in [0.25, 0.3) is 0 Å². The molecular formula is C14H20FeO4P2. The fourth-order valence-electron chi connectivity index (χ4n) is 19.3. The zero-order valence-electron chi connectivity index (χ0n) is 11.2. The minimum atomic E-state index is -3.77. The van der Waals surface area contributed by atoms with Crippen molar-refractivity contribution >= 4 is 18.5 Å². The second kappa shape index (κ2) is 0.977. The van der Waals surface area contributed by atoms with Gasteiger partial charge in [-0.15, -0.1) is 0 Å². The van der Waals surface area contributed by atoms with Crippen LogP contribution in [0, 0.1) is 0 Å². The van der Waals surface area contributed by atoms with Gasteiger partial charge in [0, 0.05) is 0 Å². The number of hydrogen-bond donors (Lipinski definition) is 4. The van der Waals surface area contributed by atoms with Gasteiger partial charge >= 0.3 is 116 Å². The van der Waals surface area contributed by atoms with Crippen LogP contribution in [0.3, 0.4) is 0 Å². The SMILES string of the molecule is OC(O)C(P)[C]12[CH]3[CH]4[CH]5[C]1(C(P)C(O)O)[Fe]43521678[CH]2[CH]1[CH]6[CH]7[CH]28. The number of aliphatic hydroxyl groups is 4. The van der Waals surface area contributed by atoms with E-state index in [0.717, 1.165) is 38.5 Å². The maximum absolute atomic E-state index is 10.0. The van der Waals surface area contributed by atoms with Crippen LogP contribution >= 0.6 is 18.5 Å². The van der Waals surface area contributed by atoms with Crippen LogP contribution in [0.5, 0.6) is 0 Å². The third-order valence-electron chi connectivity index (χ3n) is 16.7. The zero-order valence-corrected chi connectivity index (χ0v) is 14.6. The fraction of sp³-hybridized carbons (Fsp3) is 1.00. The Morgan fingerprint density at radius 1 is 0.667 bits per heavy atom.